The second-order valence-electron chi connectivity index (χ2n) is 6.05. The fourth-order valence-electron chi connectivity index (χ4n) is 3.33. The van der Waals surface area contributed by atoms with Gasteiger partial charge in [-0.3, -0.25) is 5.32 Å². The van der Waals surface area contributed by atoms with Crippen LogP contribution in [0.15, 0.2) is 60.8 Å². The molecule has 1 aromatic heterocycles. The highest BCUT2D eigenvalue weighted by Crippen LogP contribution is 2.44. The summed E-state index contributed by atoms with van der Waals surface area (Å²) in [6, 6.07) is 17.3. The van der Waals surface area contributed by atoms with Crippen LogP contribution in [-0.2, 0) is 4.74 Å². The lowest BCUT2D eigenvalue weighted by Crippen LogP contribution is -2.20. The Bertz CT molecular complexity index is 989. The maximum Gasteiger partial charge on any atom is 0.412 e. The number of benzene rings is 2. The average Bonchev–Trinajstić information content (AvgIpc) is 3.00. The topological polar surface area (TPSA) is 101 Å². The SMILES string of the molecule is O=C(Nc1nnccc1C(=O)O)OCC1c2ccccc2-c2ccccc21. The van der Waals surface area contributed by atoms with Crippen molar-refractivity contribution >= 4 is 17.9 Å². The van der Waals surface area contributed by atoms with Crippen molar-refractivity contribution in [2.45, 2.75) is 5.92 Å². The van der Waals surface area contributed by atoms with Gasteiger partial charge in [0.2, 0.25) is 0 Å². The van der Waals surface area contributed by atoms with Crippen molar-refractivity contribution in [1.29, 1.82) is 0 Å². The number of anilines is 1. The Kier molecular flexibility index (Phi) is 4.25. The van der Waals surface area contributed by atoms with Crippen molar-refractivity contribution in [3.8, 4) is 11.1 Å². The van der Waals surface area contributed by atoms with Gasteiger partial charge in [-0.15, -0.1) is 5.10 Å². The van der Waals surface area contributed by atoms with Gasteiger partial charge in [-0.1, -0.05) is 48.5 Å². The summed E-state index contributed by atoms with van der Waals surface area (Å²) in [6.45, 7) is 0.128. The van der Waals surface area contributed by atoms with Crippen LogP contribution in [0, 0.1) is 0 Å². The zero-order chi connectivity index (χ0) is 18.8. The number of aromatic nitrogens is 2. The van der Waals surface area contributed by atoms with Crippen molar-refractivity contribution in [2.75, 3.05) is 11.9 Å². The third-order valence-electron chi connectivity index (χ3n) is 4.52. The molecule has 1 heterocycles. The van der Waals surface area contributed by atoms with Crippen molar-refractivity contribution in [1.82, 2.24) is 10.2 Å². The monoisotopic (exact) mass is 361 g/mol. The number of rotatable bonds is 4. The summed E-state index contributed by atoms with van der Waals surface area (Å²) in [5.74, 6) is -1.44. The van der Waals surface area contributed by atoms with Crippen LogP contribution in [0.25, 0.3) is 11.1 Å². The van der Waals surface area contributed by atoms with E-state index in [0.717, 1.165) is 22.3 Å². The number of hydrogen-bond donors (Lipinski definition) is 2. The molecule has 0 fully saturated rings. The predicted octanol–water partition coefficient (Wildman–Crippen LogP) is 3.54. The third-order valence-corrected chi connectivity index (χ3v) is 4.52. The van der Waals surface area contributed by atoms with Crippen molar-refractivity contribution in [2.24, 2.45) is 0 Å². The third kappa shape index (κ3) is 3.10. The molecule has 27 heavy (non-hydrogen) atoms. The van der Waals surface area contributed by atoms with Crippen LogP contribution in [0.3, 0.4) is 0 Å². The minimum absolute atomic E-state index is 0.0797. The molecule has 1 aliphatic rings. The van der Waals surface area contributed by atoms with Gasteiger partial charge in [0.25, 0.3) is 0 Å². The van der Waals surface area contributed by atoms with E-state index in [1.807, 2.05) is 48.5 Å². The maximum atomic E-state index is 12.2. The molecule has 134 valence electrons. The molecule has 3 aromatic rings. The molecule has 0 saturated heterocycles. The maximum absolute atomic E-state index is 12.2. The van der Waals surface area contributed by atoms with Crippen LogP contribution in [-0.4, -0.2) is 34.0 Å². The second kappa shape index (κ2) is 6.87. The predicted molar refractivity (Wildman–Crippen MR) is 97.7 cm³/mol. The minimum Gasteiger partial charge on any atom is -0.478 e. The average molecular weight is 361 g/mol. The van der Waals surface area contributed by atoms with Crippen molar-refractivity contribution < 1.29 is 19.4 Å². The lowest BCUT2D eigenvalue weighted by atomic mass is 9.98. The van der Waals surface area contributed by atoms with E-state index < -0.39 is 12.1 Å². The van der Waals surface area contributed by atoms with Crippen LogP contribution < -0.4 is 5.32 Å². The molecule has 4 rings (SSSR count). The number of carbonyl (C=O) groups excluding carboxylic acids is 1. The molecule has 7 heteroatoms. The first-order chi connectivity index (χ1) is 13.1. The summed E-state index contributed by atoms with van der Waals surface area (Å²) in [5.41, 5.74) is 4.29. The molecular formula is C20H15N3O4. The molecule has 1 amide bonds. The molecule has 0 bridgehead atoms. The van der Waals surface area contributed by atoms with E-state index in [2.05, 4.69) is 15.5 Å². The number of nitrogens with one attached hydrogen (secondary N) is 1. The molecule has 2 aromatic carbocycles. The van der Waals surface area contributed by atoms with Crippen LogP contribution in [0.2, 0.25) is 0 Å². The number of carboxylic acid groups (broad SMARTS) is 1. The number of carboxylic acids is 1. The van der Waals surface area contributed by atoms with Crippen molar-refractivity contribution in [3.05, 3.63) is 77.5 Å². The standard InChI is InChI=1S/C20H15N3O4/c24-19(25)16-9-10-21-23-18(16)22-20(26)27-11-17-14-7-3-1-5-12(14)13-6-2-4-8-15(13)17/h1-10,17H,11H2,(H,24,25)(H,22,23,26). The highest BCUT2D eigenvalue weighted by Gasteiger charge is 2.29. The lowest BCUT2D eigenvalue weighted by molar-refractivity contribution is 0.0697. The number of hydrogen-bond acceptors (Lipinski definition) is 5. The first kappa shape index (κ1) is 16.7. The number of nitrogens with zero attached hydrogens (tertiary/aromatic N) is 2. The second-order valence-corrected chi connectivity index (χ2v) is 6.05. The number of carbonyl (C=O) groups is 2. The molecule has 0 spiro atoms. The first-order valence-electron chi connectivity index (χ1n) is 8.32. The molecule has 0 saturated carbocycles. The Morgan fingerprint density at radius 2 is 1.63 bits per heavy atom. The summed E-state index contributed by atoms with van der Waals surface area (Å²) < 4.78 is 5.37. The summed E-state index contributed by atoms with van der Waals surface area (Å²) in [7, 11) is 0. The van der Waals surface area contributed by atoms with E-state index in [4.69, 9.17) is 9.84 Å². The summed E-state index contributed by atoms with van der Waals surface area (Å²) in [6.07, 6.45) is 0.465. The number of aromatic carboxylic acids is 1. The van der Waals surface area contributed by atoms with Crippen molar-refractivity contribution in [3.63, 3.8) is 0 Å². The molecular weight excluding hydrogens is 346 g/mol. The fourth-order valence-corrected chi connectivity index (χ4v) is 3.33. The smallest absolute Gasteiger partial charge is 0.412 e. The summed E-state index contributed by atoms with van der Waals surface area (Å²) in [5, 5.41) is 18.7. The Hall–Kier alpha value is -3.74. The van der Waals surface area contributed by atoms with E-state index in [1.165, 1.54) is 12.3 Å². The van der Waals surface area contributed by atoms with Gasteiger partial charge >= 0.3 is 12.1 Å². The van der Waals surface area contributed by atoms with Gasteiger partial charge in [0.1, 0.15) is 12.2 Å². The molecule has 0 aliphatic heterocycles. The van der Waals surface area contributed by atoms with E-state index in [1.54, 1.807) is 0 Å². The number of fused-ring (bicyclic) bond motifs is 3. The Balaban J connectivity index is 1.51. The van der Waals surface area contributed by atoms with Gasteiger partial charge in [-0.2, -0.15) is 5.10 Å². The Labute approximate surface area is 154 Å². The van der Waals surface area contributed by atoms with Crippen LogP contribution in [0.5, 0.6) is 0 Å². The highest BCUT2D eigenvalue weighted by atomic mass is 16.5. The molecule has 0 atom stereocenters. The van der Waals surface area contributed by atoms with Gasteiger partial charge in [0, 0.05) is 5.92 Å². The van der Waals surface area contributed by atoms with Gasteiger partial charge in [-0.05, 0) is 28.3 Å². The van der Waals surface area contributed by atoms with E-state index in [9.17, 15) is 9.59 Å². The van der Waals surface area contributed by atoms with E-state index >= 15 is 0 Å². The molecule has 0 radical (unpaired) electrons. The van der Waals surface area contributed by atoms with Crippen LogP contribution in [0.4, 0.5) is 10.6 Å². The molecule has 0 unspecified atom stereocenters. The first-order valence-corrected chi connectivity index (χ1v) is 8.32. The molecule has 1 aliphatic carbocycles. The largest absolute Gasteiger partial charge is 0.478 e. The molecule has 7 nitrogen and oxygen atoms in total. The quantitative estimate of drug-likeness (QED) is 0.737. The van der Waals surface area contributed by atoms with Gasteiger partial charge in [0.15, 0.2) is 5.82 Å². The molecule has 2 N–H and O–H groups in total. The summed E-state index contributed by atoms with van der Waals surface area (Å²) in [4.78, 5) is 23.4. The summed E-state index contributed by atoms with van der Waals surface area (Å²) >= 11 is 0. The van der Waals surface area contributed by atoms with E-state index in [0.29, 0.717) is 0 Å². The Morgan fingerprint density at radius 3 is 2.26 bits per heavy atom. The highest BCUT2D eigenvalue weighted by molar-refractivity contribution is 5.97. The zero-order valence-corrected chi connectivity index (χ0v) is 14.1. The van der Waals surface area contributed by atoms with Crippen LogP contribution in [0.1, 0.15) is 27.4 Å². The van der Waals surface area contributed by atoms with Gasteiger partial charge in [-0.25, -0.2) is 9.59 Å². The Morgan fingerprint density at radius 1 is 1.00 bits per heavy atom. The fraction of sp³-hybridized carbons (Fsp3) is 0.100. The lowest BCUT2D eigenvalue weighted by Gasteiger charge is -2.14. The van der Waals surface area contributed by atoms with Gasteiger partial charge in [0.05, 0.1) is 6.20 Å². The van der Waals surface area contributed by atoms with E-state index in [-0.39, 0.29) is 23.9 Å². The van der Waals surface area contributed by atoms with Crippen LogP contribution >= 0.6 is 0 Å². The normalized spacial score (nSPS) is 12.1. The van der Waals surface area contributed by atoms with Gasteiger partial charge < -0.3 is 9.84 Å². The zero-order valence-electron chi connectivity index (χ0n) is 14.1. The number of amides is 1. The number of ether oxygens (including phenoxy) is 1. The minimum atomic E-state index is -1.21.